The maximum absolute atomic E-state index is 8.98. The van der Waals surface area contributed by atoms with Crippen molar-refractivity contribution in [2.45, 2.75) is 25.9 Å². The second-order valence-corrected chi connectivity index (χ2v) is 5.56. The minimum Gasteiger partial charge on any atom is -0.486 e. The van der Waals surface area contributed by atoms with Crippen molar-refractivity contribution in [2.24, 2.45) is 0 Å². The van der Waals surface area contributed by atoms with E-state index in [1.165, 1.54) is 5.56 Å². The predicted molar refractivity (Wildman–Crippen MR) is 88.5 cm³/mol. The lowest BCUT2D eigenvalue weighted by Crippen LogP contribution is -2.21. The number of rotatable bonds is 5. The molecule has 2 aromatic rings. The molecule has 1 aliphatic heterocycles. The first kappa shape index (κ1) is 15.4. The molecule has 1 N–H and O–H groups in total. The zero-order valence-electron chi connectivity index (χ0n) is 13.2. The van der Waals surface area contributed by atoms with Gasteiger partial charge in [0, 0.05) is 12.6 Å². The molecule has 0 spiro atoms. The molecule has 0 aliphatic carbocycles. The summed E-state index contributed by atoms with van der Waals surface area (Å²) in [6.45, 7) is 4.08. The number of ether oxygens (including phenoxy) is 2. The molecule has 23 heavy (non-hydrogen) atoms. The molecule has 0 fully saturated rings. The van der Waals surface area contributed by atoms with Crippen LogP contribution < -0.4 is 14.8 Å². The van der Waals surface area contributed by atoms with E-state index in [1.54, 1.807) is 0 Å². The fraction of sp³-hybridized carbons (Fsp3) is 0.316. The van der Waals surface area contributed by atoms with Crippen LogP contribution in [0.4, 0.5) is 0 Å². The smallest absolute Gasteiger partial charge is 0.161 e. The molecule has 118 valence electrons. The molecule has 0 saturated heterocycles. The van der Waals surface area contributed by atoms with Gasteiger partial charge in [0.15, 0.2) is 11.5 Å². The van der Waals surface area contributed by atoms with Crippen LogP contribution in [0, 0.1) is 11.3 Å². The molecule has 2 aromatic carbocycles. The van der Waals surface area contributed by atoms with Crippen LogP contribution in [0.25, 0.3) is 0 Å². The Hall–Kier alpha value is -2.51. The van der Waals surface area contributed by atoms with Crippen molar-refractivity contribution in [3.63, 3.8) is 0 Å². The second-order valence-electron chi connectivity index (χ2n) is 5.56. The van der Waals surface area contributed by atoms with Crippen molar-refractivity contribution in [2.75, 3.05) is 13.2 Å². The molecular formula is C19H20N2O2. The van der Waals surface area contributed by atoms with Crippen LogP contribution in [-0.4, -0.2) is 13.2 Å². The van der Waals surface area contributed by atoms with E-state index < -0.39 is 0 Å². The molecule has 1 heterocycles. The van der Waals surface area contributed by atoms with Gasteiger partial charge in [0.05, 0.1) is 11.6 Å². The molecule has 0 bridgehead atoms. The number of nitriles is 1. The number of benzene rings is 2. The molecule has 4 heteroatoms. The third-order valence-electron chi connectivity index (χ3n) is 3.99. The average molecular weight is 308 g/mol. The van der Waals surface area contributed by atoms with Gasteiger partial charge in [0.2, 0.25) is 0 Å². The minimum absolute atomic E-state index is 0.233. The molecule has 1 aliphatic rings. The molecule has 3 rings (SSSR count). The van der Waals surface area contributed by atoms with Crippen LogP contribution in [0.5, 0.6) is 11.5 Å². The number of hydrogen-bond donors (Lipinski definition) is 1. The molecule has 1 atom stereocenters. The average Bonchev–Trinajstić information content (AvgIpc) is 2.62. The summed E-state index contributed by atoms with van der Waals surface area (Å²) in [4.78, 5) is 0. The number of nitrogens with one attached hydrogen (secondary N) is 1. The highest BCUT2D eigenvalue weighted by atomic mass is 16.6. The fourth-order valence-electron chi connectivity index (χ4n) is 2.77. The Labute approximate surface area is 136 Å². The number of nitrogens with zero attached hydrogens (tertiary/aromatic N) is 1. The van der Waals surface area contributed by atoms with E-state index in [4.69, 9.17) is 14.7 Å². The second kappa shape index (κ2) is 7.17. The summed E-state index contributed by atoms with van der Waals surface area (Å²) in [6, 6.07) is 16.2. The number of hydrogen-bond acceptors (Lipinski definition) is 4. The van der Waals surface area contributed by atoms with Crippen LogP contribution in [0.1, 0.15) is 36.1 Å². The molecule has 0 saturated carbocycles. The topological polar surface area (TPSA) is 54.3 Å². The Balaban J connectivity index is 1.71. The maximum atomic E-state index is 8.98. The summed E-state index contributed by atoms with van der Waals surface area (Å²) in [7, 11) is 0. The van der Waals surface area contributed by atoms with E-state index in [1.807, 2.05) is 30.3 Å². The molecule has 1 unspecified atom stereocenters. The summed E-state index contributed by atoms with van der Waals surface area (Å²) >= 11 is 0. The van der Waals surface area contributed by atoms with Crippen molar-refractivity contribution in [3.8, 4) is 17.6 Å². The normalized spacial score (nSPS) is 14.1. The first-order valence-corrected chi connectivity index (χ1v) is 7.92. The van der Waals surface area contributed by atoms with Gasteiger partial charge in [-0.05, 0) is 41.8 Å². The van der Waals surface area contributed by atoms with E-state index >= 15 is 0 Å². The van der Waals surface area contributed by atoms with Gasteiger partial charge < -0.3 is 14.8 Å². The summed E-state index contributed by atoms with van der Waals surface area (Å²) in [6.07, 6.45) is 0.970. The highest BCUT2D eigenvalue weighted by Gasteiger charge is 2.15. The monoisotopic (exact) mass is 308 g/mol. The Bertz CT molecular complexity index is 722. The van der Waals surface area contributed by atoms with Gasteiger partial charge in [-0.1, -0.05) is 25.1 Å². The third-order valence-corrected chi connectivity index (χ3v) is 3.99. The van der Waals surface area contributed by atoms with Crippen molar-refractivity contribution in [1.82, 2.24) is 5.32 Å². The summed E-state index contributed by atoms with van der Waals surface area (Å²) in [5.74, 6) is 1.64. The van der Waals surface area contributed by atoms with Gasteiger partial charge in [0.1, 0.15) is 13.2 Å². The Morgan fingerprint density at radius 1 is 1.13 bits per heavy atom. The van der Waals surface area contributed by atoms with Crippen molar-refractivity contribution < 1.29 is 9.47 Å². The van der Waals surface area contributed by atoms with Gasteiger partial charge in [0.25, 0.3) is 0 Å². The van der Waals surface area contributed by atoms with E-state index in [-0.39, 0.29) is 6.04 Å². The zero-order chi connectivity index (χ0) is 16.1. The van der Waals surface area contributed by atoms with Crippen molar-refractivity contribution in [3.05, 3.63) is 59.2 Å². The summed E-state index contributed by atoms with van der Waals surface area (Å²) in [5, 5.41) is 12.5. The van der Waals surface area contributed by atoms with Crippen LogP contribution in [-0.2, 0) is 6.54 Å². The minimum atomic E-state index is 0.233. The largest absolute Gasteiger partial charge is 0.486 e. The maximum Gasteiger partial charge on any atom is 0.161 e. The Morgan fingerprint density at radius 2 is 1.96 bits per heavy atom. The SMILES string of the molecule is CCC(NCc1cccc(C#N)c1)c1ccc2c(c1)OCCO2. The third kappa shape index (κ3) is 3.64. The Morgan fingerprint density at radius 3 is 2.74 bits per heavy atom. The van der Waals surface area contributed by atoms with E-state index in [2.05, 4.69) is 30.4 Å². The first-order valence-electron chi connectivity index (χ1n) is 7.92. The van der Waals surface area contributed by atoms with E-state index in [0.29, 0.717) is 18.8 Å². The lowest BCUT2D eigenvalue weighted by Gasteiger charge is -2.22. The van der Waals surface area contributed by atoms with Crippen molar-refractivity contribution in [1.29, 1.82) is 5.26 Å². The highest BCUT2D eigenvalue weighted by Crippen LogP contribution is 2.33. The highest BCUT2D eigenvalue weighted by molar-refractivity contribution is 5.44. The lowest BCUT2D eigenvalue weighted by atomic mass is 10.0. The van der Waals surface area contributed by atoms with Crippen LogP contribution in [0.15, 0.2) is 42.5 Å². The van der Waals surface area contributed by atoms with Gasteiger partial charge in [-0.2, -0.15) is 5.26 Å². The summed E-state index contributed by atoms with van der Waals surface area (Å²) < 4.78 is 11.2. The lowest BCUT2D eigenvalue weighted by molar-refractivity contribution is 0.171. The quantitative estimate of drug-likeness (QED) is 0.917. The van der Waals surface area contributed by atoms with Crippen LogP contribution in [0.2, 0.25) is 0 Å². The number of fused-ring (bicyclic) bond motifs is 1. The standard InChI is InChI=1S/C19H20N2O2/c1-2-17(21-13-15-5-3-4-14(10-15)12-20)16-6-7-18-19(11-16)23-9-8-22-18/h3-7,10-11,17,21H,2,8-9,13H2,1H3. The molecule has 4 nitrogen and oxygen atoms in total. The molecule has 0 amide bonds. The van der Waals surface area contributed by atoms with Gasteiger partial charge >= 0.3 is 0 Å². The molecule has 0 radical (unpaired) electrons. The van der Waals surface area contributed by atoms with Gasteiger partial charge in [-0.3, -0.25) is 0 Å². The predicted octanol–water partition coefficient (Wildman–Crippen LogP) is 3.57. The first-order chi connectivity index (χ1) is 11.3. The van der Waals surface area contributed by atoms with Gasteiger partial charge in [-0.25, -0.2) is 0 Å². The van der Waals surface area contributed by atoms with E-state index in [9.17, 15) is 0 Å². The van der Waals surface area contributed by atoms with Crippen LogP contribution >= 0.6 is 0 Å². The van der Waals surface area contributed by atoms with Crippen molar-refractivity contribution >= 4 is 0 Å². The fourth-order valence-corrected chi connectivity index (χ4v) is 2.77. The Kier molecular flexibility index (Phi) is 4.80. The molecular weight excluding hydrogens is 288 g/mol. The van der Waals surface area contributed by atoms with E-state index in [0.717, 1.165) is 30.0 Å². The summed E-state index contributed by atoms with van der Waals surface area (Å²) in [5.41, 5.74) is 2.99. The van der Waals surface area contributed by atoms with Crippen LogP contribution in [0.3, 0.4) is 0 Å². The van der Waals surface area contributed by atoms with Gasteiger partial charge in [-0.15, -0.1) is 0 Å². The molecule has 0 aromatic heterocycles. The zero-order valence-corrected chi connectivity index (χ0v) is 13.2.